The van der Waals surface area contributed by atoms with Gasteiger partial charge in [-0.2, -0.15) is 0 Å². The van der Waals surface area contributed by atoms with Crippen LogP contribution in [0.3, 0.4) is 0 Å². The number of anilines is 1. The Labute approximate surface area is 125 Å². The maximum atomic E-state index is 12.0. The largest absolute Gasteiger partial charge is 0.389 e. The fourth-order valence-corrected chi connectivity index (χ4v) is 2.58. The standard InChI is InChI=1S/C15H23ClN2O2/c1-10-6-11(2)14(12(16)7-10)17-13(19)8-18(5)9-15(3,4)20/h6-7,20H,8-9H2,1-5H3,(H,17,19). The van der Waals surface area contributed by atoms with Crippen molar-refractivity contribution in [1.29, 1.82) is 0 Å². The zero-order valence-corrected chi connectivity index (χ0v) is 13.5. The van der Waals surface area contributed by atoms with Gasteiger partial charge in [0.1, 0.15) is 0 Å². The van der Waals surface area contributed by atoms with Crippen LogP contribution in [0.5, 0.6) is 0 Å². The normalized spacial score (nSPS) is 11.8. The van der Waals surface area contributed by atoms with Crippen molar-refractivity contribution >= 4 is 23.2 Å². The molecule has 0 spiro atoms. The molecule has 0 radical (unpaired) electrons. The average molecular weight is 299 g/mol. The van der Waals surface area contributed by atoms with E-state index in [1.807, 2.05) is 26.0 Å². The molecule has 1 amide bonds. The smallest absolute Gasteiger partial charge is 0.238 e. The van der Waals surface area contributed by atoms with Crippen molar-refractivity contribution in [1.82, 2.24) is 4.90 Å². The number of nitrogens with one attached hydrogen (secondary N) is 1. The van der Waals surface area contributed by atoms with E-state index >= 15 is 0 Å². The molecule has 0 aliphatic carbocycles. The predicted molar refractivity (Wildman–Crippen MR) is 83.4 cm³/mol. The van der Waals surface area contributed by atoms with E-state index in [9.17, 15) is 9.90 Å². The van der Waals surface area contributed by atoms with Crippen molar-refractivity contribution in [3.05, 3.63) is 28.3 Å². The summed E-state index contributed by atoms with van der Waals surface area (Å²) in [6.45, 7) is 7.91. The lowest BCUT2D eigenvalue weighted by atomic mass is 10.1. The number of likely N-dealkylation sites (N-methyl/N-ethyl adjacent to an activating group) is 1. The van der Waals surface area contributed by atoms with Gasteiger partial charge in [0.2, 0.25) is 5.91 Å². The molecular weight excluding hydrogens is 276 g/mol. The molecule has 0 heterocycles. The molecule has 0 aliphatic heterocycles. The summed E-state index contributed by atoms with van der Waals surface area (Å²) >= 11 is 6.15. The van der Waals surface area contributed by atoms with Gasteiger partial charge in [0.25, 0.3) is 0 Å². The van der Waals surface area contributed by atoms with Gasteiger partial charge in [0, 0.05) is 6.54 Å². The SMILES string of the molecule is Cc1cc(C)c(NC(=O)CN(C)CC(C)(C)O)c(Cl)c1. The lowest BCUT2D eigenvalue weighted by Crippen LogP contribution is -2.40. The zero-order chi connectivity index (χ0) is 15.5. The Kier molecular flexibility index (Phi) is 5.57. The number of rotatable bonds is 5. The number of hydrogen-bond donors (Lipinski definition) is 2. The molecule has 5 heteroatoms. The third-order valence-corrected chi connectivity index (χ3v) is 3.06. The topological polar surface area (TPSA) is 52.6 Å². The maximum Gasteiger partial charge on any atom is 0.238 e. The van der Waals surface area contributed by atoms with Crippen LogP contribution in [0.2, 0.25) is 5.02 Å². The maximum absolute atomic E-state index is 12.0. The predicted octanol–water partition coefficient (Wildman–Crippen LogP) is 2.60. The van der Waals surface area contributed by atoms with Gasteiger partial charge in [-0.25, -0.2) is 0 Å². The lowest BCUT2D eigenvalue weighted by molar-refractivity contribution is -0.117. The van der Waals surface area contributed by atoms with Gasteiger partial charge < -0.3 is 10.4 Å². The van der Waals surface area contributed by atoms with Crippen molar-refractivity contribution in [2.75, 3.05) is 25.5 Å². The van der Waals surface area contributed by atoms with E-state index in [2.05, 4.69) is 5.32 Å². The van der Waals surface area contributed by atoms with Gasteiger partial charge in [-0.1, -0.05) is 17.7 Å². The van der Waals surface area contributed by atoms with E-state index in [-0.39, 0.29) is 12.5 Å². The molecule has 20 heavy (non-hydrogen) atoms. The highest BCUT2D eigenvalue weighted by atomic mass is 35.5. The first kappa shape index (κ1) is 17.0. The molecule has 112 valence electrons. The minimum atomic E-state index is -0.827. The van der Waals surface area contributed by atoms with Crippen molar-refractivity contribution in [3.63, 3.8) is 0 Å². The molecule has 4 nitrogen and oxygen atoms in total. The van der Waals surface area contributed by atoms with Crippen LogP contribution in [0.25, 0.3) is 0 Å². The molecule has 0 aliphatic rings. The monoisotopic (exact) mass is 298 g/mol. The highest BCUT2D eigenvalue weighted by Gasteiger charge is 2.18. The number of carbonyl (C=O) groups is 1. The second-order valence-corrected chi connectivity index (χ2v) is 6.38. The van der Waals surface area contributed by atoms with E-state index in [0.29, 0.717) is 17.3 Å². The summed E-state index contributed by atoms with van der Waals surface area (Å²) in [5.41, 5.74) is 1.82. The highest BCUT2D eigenvalue weighted by molar-refractivity contribution is 6.34. The van der Waals surface area contributed by atoms with Gasteiger partial charge in [-0.3, -0.25) is 9.69 Å². The third kappa shape index (κ3) is 5.49. The van der Waals surface area contributed by atoms with Crippen LogP contribution >= 0.6 is 11.6 Å². The van der Waals surface area contributed by atoms with Crippen LogP contribution in [0, 0.1) is 13.8 Å². The molecule has 1 aromatic rings. The molecule has 0 atom stereocenters. The van der Waals surface area contributed by atoms with Gasteiger partial charge in [0.15, 0.2) is 0 Å². The number of amides is 1. The fraction of sp³-hybridized carbons (Fsp3) is 0.533. The lowest BCUT2D eigenvalue weighted by Gasteiger charge is -2.25. The number of aryl methyl sites for hydroxylation is 2. The van der Waals surface area contributed by atoms with Crippen LogP contribution < -0.4 is 5.32 Å². The fourth-order valence-electron chi connectivity index (χ4n) is 2.21. The average Bonchev–Trinajstić information content (AvgIpc) is 2.20. The second-order valence-electron chi connectivity index (χ2n) is 5.97. The first-order valence-electron chi connectivity index (χ1n) is 6.56. The molecule has 0 fully saturated rings. The van der Waals surface area contributed by atoms with Gasteiger partial charge in [-0.15, -0.1) is 0 Å². The Balaban J connectivity index is 2.68. The van der Waals surface area contributed by atoms with E-state index in [0.717, 1.165) is 11.1 Å². The second kappa shape index (κ2) is 6.57. The number of nitrogens with zero attached hydrogens (tertiary/aromatic N) is 1. The minimum absolute atomic E-state index is 0.148. The first-order chi connectivity index (χ1) is 9.08. The molecule has 0 saturated carbocycles. The van der Waals surface area contributed by atoms with E-state index in [4.69, 9.17) is 11.6 Å². The summed E-state index contributed by atoms with van der Waals surface area (Å²) in [7, 11) is 1.79. The summed E-state index contributed by atoms with van der Waals surface area (Å²) in [6, 6.07) is 3.80. The van der Waals surface area contributed by atoms with Crippen molar-refractivity contribution < 1.29 is 9.90 Å². The molecule has 0 aromatic heterocycles. The van der Waals surface area contributed by atoms with E-state index in [1.165, 1.54) is 0 Å². The Morgan fingerprint density at radius 3 is 2.50 bits per heavy atom. The van der Waals surface area contributed by atoms with Crippen LogP contribution in [0.15, 0.2) is 12.1 Å². The number of hydrogen-bond acceptors (Lipinski definition) is 3. The summed E-state index contributed by atoms with van der Waals surface area (Å²) in [5, 5.41) is 13.1. The van der Waals surface area contributed by atoms with Gasteiger partial charge >= 0.3 is 0 Å². The zero-order valence-electron chi connectivity index (χ0n) is 12.7. The van der Waals surface area contributed by atoms with Crippen LogP contribution in [-0.4, -0.2) is 41.7 Å². The minimum Gasteiger partial charge on any atom is -0.389 e. The quantitative estimate of drug-likeness (QED) is 0.878. The Morgan fingerprint density at radius 2 is 2.00 bits per heavy atom. The van der Waals surface area contributed by atoms with E-state index < -0.39 is 5.60 Å². The van der Waals surface area contributed by atoms with Crippen LogP contribution in [-0.2, 0) is 4.79 Å². The third-order valence-electron chi connectivity index (χ3n) is 2.77. The first-order valence-corrected chi connectivity index (χ1v) is 6.94. The number of halogens is 1. The van der Waals surface area contributed by atoms with Crippen LogP contribution in [0.4, 0.5) is 5.69 Å². The van der Waals surface area contributed by atoms with Gasteiger partial charge in [-0.05, 0) is 51.9 Å². The number of carbonyl (C=O) groups excluding carboxylic acids is 1. The van der Waals surface area contributed by atoms with Gasteiger partial charge in [0.05, 0.1) is 22.9 Å². The molecule has 2 N–H and O–H groups in total. The Morgan fingerprint density at radius 1 is 1.40 bits per heavy atom. The summed E-state index contributed by atoms with van der Waals surface area (Å²) in [5.74, 6) is -0.148. The van der Waals surface area contributed by atoms with Crippen LogP contribution in [0.1, 0.15) is 25.0 Å². The molecule has 1 aromatic carbocycles. The Hall–Kier alpha value is -1.10. The molecule has 0 bridgehead atoms. The highest BCUT2D eigenvalue weighted by Crippen LogP contribution is 2.27. The summed E-state index contributed by atoms with van der Waals surface area (Å²) < 4.78 is 0. The number of aliphatic hydroxyl groups is 1. The van der Waals surface area contributed by atoms with Crippen molar-refractivity contribution in [2.24, 2.45) is 0 Å². The van der Waals surface area contributed by atoms with Crippen molar-refractivity contribution in [2.45, 2.75) is 33.3 Å². The van der Waals surface area contributed by atoms with E-state index in [1.54, 1.807) is 25.8 Å². The summed E-state index contributed by atoms with van der Waals surface area (Å²) in [6.07, 6.45) is 0. The number of benzene rings is 1. The molecule has 0 unspecified atom stereocenters. The Bertz CT molecular complexity index is 472. The molecule has 0 saturated heterocycles. The molecular formula is C15H23ClN2O2. The summed E-state index contributed by atoms with van der Waals surface area (Å²) in [4.78, 5) is 13.8. The van der Waals surface area contributed by atoms with Crippen molar-refractivity contribution in [3.8, 4) is 0 Å². The molecule has 1 rings (SSSR count).